The van der Waals surface area contributed by atoms with Crippen molar-refractivity contribution < 1.29 is 10.2 Å². The standard InChI is InChI=1S/C20H28O2/c1-3-20(22)11-9-18-17-6-4-13-12-14(21)5-7-15(13)16(17)8-10-19(18,20)2/h1,4,14-18,21-22H,5-12H2,2H3/t14?,15-,16+,17+,18-,19-,20-/m0/s1. The Morgan fingerprint density at radius 2 is 2.00 bits per heavy atom. The predicted octanol–water partition coefficient (Wildman–Crippen LogP) is 3.28. The van der Waals surface area contributed by atoms with Gasteiger partial charge >= 0.3 is 0 Å². The summed E-state index contributed by atoms with van der Waals surface area (Å²) < 4.78 is 0. The Balaban J connectivity index is 1.64. The van der Waals surface area contributed by atoms with Gasteiger partial charge in [-0.05, 0) is 75.0 Å². The fourth-order valence-corrected chi connectivity index (χ4v) is 6.50. The van der Waals surface area contributed by atoms with Gasteiger partial charge in [0, 0.05) is 5.41 Å². The summed E-state index contributed by atoms with van der Waals surface area (Å²) in [6.45, 7) is 2.24. The van der Waals surface area contributed by atoms with E-state index in [1.165, 1.54) is 12.0 Å². The van der Waals surface area contributed by atoms with E-state index in [1.54, 1.807) is 0 Å². The molecule has 0 spiro atoms. The van der Waals surface area contributed by atoms with Gasteiger partial charge in [-0.2, -0.15) is 0 Å². The molecule has 1 unspecified atom stereocenters. The van der Waals surface area contributed by atoms with Crippen LogP contribution in [-0.2, 0) is 0 Å². The lowest BCUT2D eigenvalue weighted by Crippen LogP contribution is -2.52. The number of aliphatic hydroxyl groups excluding tert-OH is 1. The van der Waals surface area contributed by atoms with Crippen LogP contribution in [0.4, 0.5) is 0 Å². The Hall–Kier alpha value is -0.780. The smallest absolute Gasteiger partial charge is 0.130 e. The topological polar surface area (TPSA) is 40.5 Å². The van der Waals surface area contributed by atoms with Crippen LogP contribution in [0.3, 0.4) is 0 Å². The van der Waals surface area contributed by atoms with E-state index in [2.05, 4.69) is 18.9 Å². The summed E-state index contributed by atoms with van der Waals surface area (Å²) in [7, 11) is 0. The second-order valence-corrected chi connectivity index (χ2v) is 8.49. The lowest BCUT2D eigenvalue weighted by molar-refractivity contribution is -0.0828. The number of hydrogen-bond acceptors (Lipinski definition) is 2. The van der Waals surface area contributed by atoms with Gasteiger partial charge in [0.1, 0.15) is 5.60 Å². The molecule has 2 N–H and O–H groups in total. The Morgan fingerprint density at radius 3 is 2.77 bits per heavy atom. The van der Waals surface area contributed by atoms with Crippen LogP contribution < -0.4 is 0 Å². The first-order valence-corrected chi connectivity index (χ1v) is 9.05. The van der Waals surface area contributed by atoms with E-state index >= 15 is 0 Å². The van der Waals surface area contributed by atoms with Crippen molar-refractivity contribution in [2.45, 2.75) is 70.0 Å². The number of aliphatic hydroxyl groups is 2. The molecule has 0 aliphatic heterocycles. The zero-order valence-corrected chi connectivity index (χ0v) is 13.6. The van der Waals surface area contributed by atoms with Crippen LogP contribution in [0.25, 0.3) is 0 Å². The SMILES string of the molecule is C#C[C@]1(O)CC[C@H]2[C@@H]3CC=C4CC(O)CC[C@@H]4[C@H]3CC[C@@]21C. The first kappa shape index (κ1) is 14.8. The van der Waals surface area contributed by atoms with Crippen molar-refractivity contribution in [3.63, 3.8) is 0 Å². The highest BCUT2D eigenvalue weighted by atomic mass is 16.3. The Morgan fingerprint density at radius 1 is 1.18 bits per heavy atom. The summed E-state index contributed by atoms with van der Waals surface area (Å²) in [5.74, 6) is 5.44. The molecule has 3 saturated carbocycles. The summed E-state index contributed by atoms with van der Waals surface area (Å²) in [5.41, 5.74) is 0.534. The van der Waals surface area contributed by atoms with Crippen LogP contribution in [0.5, 0.6) is 0 Å². The van der Waals surface area contributed by atoms with Gasteiger partial charge in [-0.25, -0.2) is 0 Å². The Labute approximate surface area is 134 Å². The van der Waals surface area contributed by atoms with Crippen molar-refractivity contribution in [3.05, 3.63) is 11.6 Å². The third-order valence-electron chi connectivity index (χ3n) is 7.81. The van der Waals surface area contributed by atoms with E-state index in [9.17, 15) is 10.2 Å². The third-order valence-corrected chi connectivity index (χ3v) is 7.81. The maximum absolute atomic E-state index is 10.9. The van der Waals surface area contributed by atoms with Crippen molar-refractivity contribution in [3.8, 4) is 12.3 Å². The second kappa shape index (κ2) is 4.86. The van der Waals surface area contributed by atoms with E-state index < -0.39 is 5.60 Å². The van der Waals surface area contributed by atoms with Crippen LogP contribution >= 0.6 is 0 Å². The van der Waals surface area contributed by atoms with Crippen molar-refractivity contribution in [2.75, 3.05) is 0 Å². The molecule has 0 amide bonds. The second-order valence-electron chi connectivity index (χ2n) is 8.49. The van der Waals surface area contributed by atoms with Crippen molar-refractivity contribution in [1.29, 1.82) is 0 Å². The quantitative estimate of drug-likeness (QED) is 0.532. The summed E-state index contributed by atoms with van der Waals surface area (Å²) in [5, 5.41) is 20.9. The van der Waals surface area contributed by atoms with Crippen LogP contribution in [0, 0.1) is 41.4 Å². The third kappa shape index (κ3) is 1.82. The number of allylic oxidation sites excluding steroid dienone is 1. The highest BCUT2D eigenvalue weighted by Gasteiger charge is 2.61. The van der Waals surface area contributed by atoms with Crippen molar-refractivity contribution in [1.82, 2.24) is 0 Å². The molecular weight excluding hydrogens is 272 g/mol. The van der Waals surface area contributed by atoms with Gasteiger partial charge in [-0.15, -0.1) is 6.42 Å². The number of hydrogen-bond donors (Lipinski definition) is 2. The maximum atomic E-state index is 10.9. The zero-order valence-electron chi connectivity index (χ0n) is 13.6. The molecule has 0 aromatic carbocycles. The van der Waals surface area contributed by atoms with Crippen LogP contribution in [0.2, 0.25) is 0 Å². The van der Waals surface area contributed by atoms with Gasteiger partial charge in [-0.1, -0.05) is 24.5 Å². The monoisotopic (exact) mass is 300 g/mol. The molecule has 0 heterocycles. The van der Waals surface area contributed by atoms with Crippen LogP contribution in [0.1, 0.15) is 58.3 Å². The minimum Gasteiger partial charge on any atom is -0.393 e. The Kier molecular flexibility index (Phi) is 3.26. The zero-order chi connectivity index (χ0) is 15.5. The van der Waals surface area contributed by atoms with E-state index in [4.69, 9.17) is 6.42 Å². The van der Waals surface area contributed by atoms with Gasteiger partial charge in [0.05, 0.1) is 6.10 Å². The first-order chi connectivity index (χ1) is 10.5. The van der Waals surface area contributed by atoms with Crippen LogP contribution in [-0.4, -0.2) is 21.9 Å². The average Bonchev–Trinajstić information content (AvgIpc) is 2.79. The molecule has 7 atom stereocenters. The van der Waals surface area contributed by atoms with Gasteiger partial charge in [0.25, 0.3) is 0 Å². The molecule has 2 heteroatoms. The minimum absolute atomic E-state index is 0.0948. The molecule has 120 valence electrons. The van der Waals surface area contributed by atoms with Gasteiger partial charge < -0.3 is 10.2 Å². The molecule has 2 nitrogen and oxygen atoms in total. The van der Waals surface area contributed by atoms with E-state index in [0.29, 0.717) is 17.8 Å². The number of terminal acetylenes is 1. The Bertz CT molecular complexity index is 544. The van der Waals surface area contributed by atoms with Crippen LogP contribution in [0.15, 0.2) is 11.6 Å². The van der Waals surface area contributed by atoms with Crippen molar-refractivity contribution >= 4 is 0 Å². The molecule has 4 rings (SSSR count). The fourth-order valence-electron chi connectivity index (χ4n) is 6.50. The molecule has 4 aliphatic carbocycles. The lowest BCUT2D eigenvalue weighted by Gasteiger charge is -2.54. The van der Waals surface area contributed by atoms with Crippen molar-refractivity contribution in [2.24, 2.45) is 29.1 Å². The molecule has 3 fully saturated rings. The predicted molar refractivity (Wildman–Crippen MR) is 86.9 cm³/mol. The minimum atomic E-state index is -0.893. The molecule has 0 aromatic rings. The highest BCUT2D eigenvalue weighted by molar-refractivity contribution is 5.26. The molecule has 4 aliphatic rings. The van der Waals surface area contributed by atoms with Gasteiger partial charge in [0.2, 0.25) is 0 Å². The lowest BCUT2D eigenvalue weighted by atomic mass is 9.51. The van der Waals surface area contributed by atoms with E-state index in [-0.39, 0.29) is 11.5 Å². The molecule has 0 radical (unpaired) electrons. The largest absolute Gasteiger partial charge is 0.393 e. The number of rotatable bonds is 0. The highest BCUT2D eigenvalue weighted by Crippen LogP contribution is 2.64. The molecule has 0 saturated heterocycles. The molecule has 0 bridgehead atoms. The van der Waals surface area contributed by atoms with Gasteiger partial charge in [0.15, 0.2) is 0 Å². The first-order valence-electron chi connectivity index (χ1n) is 9.05. The summed E-state index contributed by atoms with van der Waals surface area (Å²) in [4.78, 5) is 0. The van der Waals surface area contributed by atoms with E-state index in [1.807, 2.05) is 0 Å². The van der Waals surface area contributed by atoms with Gasteiger partial charge in [-0.3, -0.25) is 0 Å². The normalized spacial score (nSPS) is 53.7. The fraction of sp³-hybridized carbons (Fsp3) is 0.800. The number of fused-ring (bicyclic) bond motifs is 5. The summed E-state index contributed by atoms with van der Waals surface area (Å²) in [6, 6.07) is 0. The molecular formula is C20H28O2. The average molecular weight is 300 g/mol. The van der Waals surface area contributed by atoms with E-state index in [0.717, 1.165) is 50.9 Å². The summed E-state index contributed by atoms with van der Waals surface area (Å²) >= 11 is 0. The molecule has 22 heavy (non-hydrogen) atoms. The summed E-state index contributed by atoms with van der Waals surface area (Å²) in [6.07, 6.45) is 16.3. The molecule has 0 aromatic heterocycles. The maximum Gasteiger partial charge on any atom is 0.130 e.